The zero-order valence-corrected chi connectivity index (χ0v) is 11.0. The fraction of sp³-hybridized carbons (Fsp3) is 0.250. The maximum atomic E-state index is 4.31. The first-order valence-corrected chi connectivity index (χ1v) is 6.55. The highest BCUT2D eigenvalue weighted by Crippen LogP contribution is 2.28. The molecule has 6 heteroatoms. The molecule has 3 aromatic heterocycles. The lowest BCUT2D eigenvalue weighted by Crippen LogP contribution is -2.02. The molecule has 0 aromatic carbocycles. The Bertz CT molecular complexity index is 685. The van der Waals surface area contributed by atoms with Crippen molar-refractivity contribution in [1.82, 2.24) is 20.2 Å². The normalized spacial score (nSPS) is 11.0. The molecule has 0 fully saturated rings. The van der Waals surface area contributed by atoms with Gasteiger partial charge in [-0.15, -0.1) is 11.3 Å². The number of thiophene rings is 1. The number of nitrogens with zero attached hydrogens (tertiary/aromatic N) is 3. The van der Waals surface area contributed by atoms with Crippen molar-refractivity contribution in [2.75, 3.05) is 5.32 Å². The molecule has 3 rings (SSSR count). The molecule has 18 heavy (non-hydrogen) atoms. The summed E-state index contributed by atoms with van der Waals surface area (Å²) in [5.74, 6) is 0.888. The molecule has 0 radical (unpaired) electrons. The third kappa shape index (κ3) is 1.84. The standard InChI is InChI=1S/C12H13N5S/c1-7-5-18-11-10(7)14-6-15-12(11)13-3-9-4-16-17-8(9)2/h4-6H,3H2,1-2H3,(H,16,17)(H,13,14,15). The molecule has 0 aliphatic heterocycles. The fourth-order valence-electron chi connectivity index (χ4n) is 1.83. The highest BCUT2D eigenvalue weighted by atomic mass is 32.1. The molecule has 0 amide bonds. The molecule has 3 aromatic rings. The van der Waals surface area contributed by atoms with Crippen LogP contribution in [0, 0.1) is 13.8 Å². The molecule has 0 saturated carbocycles. The minimum Gasteiger partial charge on any atom is -0.365 e. The molecular formula is C12H13N5S. The van der Waals surface area contributed by atoms with Crippen molar-refractivity contribution >= 4 is 27.4 Å². The first-order chi connectivity index (χ1) is 8.75. The van der Waals surface area contributed by atoms with E-state index < -0.39 is 0 Å². The van der Waals surface area contributed by atoms with E-state index in [1.165, 1.54) is 5.56 Å². The Morgan fingerprint density at radius 3 is 3.00 bits per heavy atom. The molecule has 0 saturated heterocycles. The van der Waals surface area contributed by atoms with Crippen LogP contribution in [0.3, 0.4) is 0 Å². The van der Waals surface area contributed by atoms with Gasteiger partial charge in [0.05, 0.1) is 16.4 Å². The first-order valence-electron chi connectivity index (χ1n) is 5.67. The number of aromatic amines is 1. The number of fused-ring (bicyclic) bond motifs is 1. The van der Waals surface area contributed by atoms with E-state index >= 15 is 0 Å². The number of nitrogens with one attached hydrogen (secondary N) is 2. The van der Waals surface area contributed by atoms with Crippen molar-refractivity contribution < 1.29 is 0 Å². The molecule has 0 aliphatic carbocycles. The predicted octanol–water partition coefficient (Wildman–Crippen LogP) is 2.64. The van der Waals surface area contributed by atoms with Crippen molar-refractivity contribution in [2.24, 2.45) is 0 Å². The molecule has 92 valence electrons. The van der Waals surface area contributed by atoms with Gasteiger partial charge < -0.3 is 5.32 Å². The Kier molecular flexibility index (Phi) is 2.71. The van der Waals surface area contributed by atoms with E-state index in [-0.39, 0.29) is 0 Å². The average molecular weight is 259 g/mol. The Morgan fingerprint density at radius 1 is 1.33 bits per heavy atom. The van der Waals surface area contributed by atoms with Crippen molar-refractivity contribution in [3.05, 3.63) is 34.7 Å². The summed E-state index contributed by atoms with van der Waals surface area (Å²) in [6, 6.07) is 0. The topological polar surface area (TPSA) is 66.5 Å². The van der Waals surface area contributed by atoms with Crippen LogP contribution in [0.2, 0.25) is 0 Å². The lowest BCUT2D eigenvalue weighted by molar-refractivity contribution is 1.04. The summed E-state index contributed by atoms with van der Waals surface area (Å²) in [4.78, 5) is 8.61. The van der Waals surface area contributed by atoms with E-state index in [4.69, 9.17) is 0 Å². The summed E-state index contributed by atoms with van der Waals surface area (Å²) < 4.78 is 1.11. The maximum absolute atomic E-state index is 4.31. The summed E-state index contributed by atoms with van der Waals surface area (Å²) in [5, 5.41) is 12.4. The van der Waals surface area contributed by atoms with Gasteiger partial charge in [0.2, 0.25) is 0 Å². The zero-order valence-electron chi connectivity index (χ0n) is 10.2. The number of hydrogen-bond acceptors (Lipinski definition) is 5. The first kappa shape index (κ1) is 11.2. The fourth-order valence-corrected chi connectivity index (χ4v) is 2.80. The number of aryl methyl sites for hydroxylation is 2. The maximum Gasteiger partial charge on any atom is 0.147 e. The SMILES string of the molecule is Cc1[nH]ncc1CNc1ncnc2c(C)csc12. The number of rotatable bonds is 3. The van der Waals surface area contributed by atoms with E-state index in [9.17, 15) is 0 Å². The Balaban J connectivity index is 1.89. The summed E-state index contributed by atoms with van der Waals surface area (Å²) in [7, 11) is 0. The lowest BCUT2D eigenvalue weighted by Gasteiger charge is -2.05. The van der Waals surface area contributed by atoms with E-state index in [0.29, 0.717) is 6.54 Å². The molecule has 0 atom stereocenters. The Hall–Kier alpha value is -1.95. The molecular weight excluding hydrogens is 246 g/mol. The third-order valence-electron chi connectivity index (χ3n) is 2.91. The van der Waals surface area contributed by atoms with Crippen LogP contribution in [0.15, 0.2) is 17.9 Å². The van der Waals surface area contributed by atoms with Gasteiger partial charge in [-0.05, 0) is 24.8 Å². The van der Waals surface area contributed by atoms with Crippen molar-refractivity contribution in [3.63, 3.8) is 0 Å². The van der Waals surface area contributed by atoms with Crippen LogP contribution in [0.4, 0.5) is 5.82 Å². The van der Waals surface area contributed by atoms with E-state index in [1.54, 1.807) is 17.7 Å². The monoisotopic (exact) mass is 259 g/mol. The van der Waals surface area contributed by atoms with E-state index in [1.807, 2.05) is 13.1 Å². The molecule has 0 bridgehead atoms. The smallest absolute Gasteiger partial charge is 0.147 e. The summed E-state index contributed by atoms with van der Waals surface area (Å²) in [5.41, 5.74) is 4.45. The predicted molar refractivity (Wildman–Crippen MR) is 72.8 cm³/mol. The quantitative estimate of drug-likeness (QED) is 0.759. The second kappa shape index (κ2) is 4.38. The summed E-state index contributed by atoms with van der Waals surface area (Å²) >= 11 is 1.67. The van der Waals surface area contributed by atoms with E-state index in [2.05, 4.69) is 37.8 Å². The molecule has 5 nitrogen and oxygen atoms in total. The minimum absolute atomic E-state index is 0.714. The molecule has 3 heterocycles. The van der Waals surface area contributed by atoms with Crippen LogP contribution in [0.1, 0.15) is 16.8 Å². The molecule has 0 aliphatic rings. The minimum atomic E-state index is 0.714. The van der Waals surface area contributed by atoms with Crippen LogP contribution >= 0.6 is 11.3 Å². The Labute approximate surface area is 108 Å². The summed E-state index contributed by atoms with van der Waals surface area (Å²) in [6.07, 6.45) is 3.44. The van der Waals surface area contributed by atoms with Gasteiger partial charge >= 0.3 is 0 Å². The average Bonchev–Trinajstić information content (AvgIpc) is 2.95. The van der Waals surface area contributed by atoms with Crippen molar-refractivity contribution in [2.45, 2.75) is 20.4 Å². The molecule has 2 N–H and O–H groups in total. The highest BCUT2D eigenvalue weighted by Gasteiger charge is 2.08. The van der Waals surface area contributed by atoms with Gasteiger partial charge in [-0.3, -0.25) is 5.10 Å². The van der Waals surface area contributed by atoms with Crippen LogP contribution in [-0.2, 0) is 6.54 Å². The number of hydrogen-bond donors (Lipinski definition) is 2. The van der Waals surface area contributed by atoms with Gasteiger partial charge in [-0.25, -0.2) is 9.97 Å². The van der Waals surface area contributed by atoms with Gasteiger partial charge in [0.1, 0.15) is 12.1 Å². The highest BCUT2D eigenvalue weighted by molar-refractivity contribution is 7.18. The second-order valence-corrected chi connectivity index (χ2v) is 5.07. The second-order valence-electron chi connectivity index (χ2n) is 4.19. The van der Waals surface area contributed by atoms with Crippen LogP contribution in [-0.4, -0.2) is 20.2 Å². The number of aromatic nitrogens is 4. The van der Waals surface area contributed by atoms with Crippen LogP contribution in [0.5, 0.6) is 0 Å². The number of H-pyrrole nitrogens is 1. The van der Waals surface area contributed by atoms with Crippen LogP contribution < -0.4 is 5.32 Å². The largest absolute Gasteiger partial charge is 0.365 e. The van der Waals surface area contributed by atoms with Crippen LogP contribution in [0.25, 0.3) is 10.2 Å². The van der Waals surface area contributed by atoms with Gasteiger partial charge in [0, 0.05) is 17.8 Å². The molecule has 0 spiro atoms. The molecule has 0 unspecified atom stereocenters. The van der Waals surface area contributed by atoms with Gasteiger partial charge in [-0.2, -0.15) is 5.10 Å². The summed E-state index contributed by atoms with van der Waals surface area (Å²) in [6.45, 7) is 4.79. The van der Waals surface area contributed by atoms with E-state index in [0.717, 1.165) is 27.3 Å². The lowest BCUT2D eigenvalue weighted by atomic mass is 10.2. The Morgan fingerprint density at radius 2 is 2.22 bits per heavy atom. The third-order valence-corrected chi connectivity index (χ3v) is 4.01. The number of anilines is 1. The van der Waals surface area contributed by atoms with Gasteiger partial charge in [-0.1, -0.05) is 0 Å². The van der Waals surface area contributed by atoms with Crippen molar-refractivity contribution in [3.8, 4) is 0 Å². The zero-order chi connectivity index (χ0) is 12.5. The van der Waals surface area contributed by atoms with Gasteiger partial charge in [0.25, 0.3) is 0 Å². The van der Waals surface area contributed by atoms with Gasteiger partial charge in [0.15, 0.2) is 0 Å². The van der Waals surface area contributed by atoms with Crippen molar-refractivity contribution in [1.29, 1.82) is 0 Å².